The molecule has 0 heterocycles. The fourth-order valence-electron chi connectivity index (χ4n) is 2.01. The van der Waals surface area contributed by atoms with Gasteiger partial charge in [0.25, 0.3) is 0 Å². The van der Waals surface area contributed by atoms with E-state index in [2.05, 4.69) is 0 Å². The molecule has 1 aromatic carbocycles. The molecule has 3 N–H and O–H groups in total. The van der Waals surface area contributed by atoms with E-state index in [4.69, 9.17) is 10.8 Å². The van der Waals surface area contributed by atoms with Gasteiger partial charge in [0, 0.05) is 5.41 Å². The van der Waals surface area contributed by atoms with Gasteiger partial charge in [-0.3, -0.25) is 4.79 Å². The van der Waals surface area contributed by atoms with Crippen LogP contribution in [-0.2, 0) is 10.2 Å². The van der Waals surface area contributed by atoms with Crippen LogP contribution in [0, 0.1) is 13.8 Å². The first kappa shape index (κ1) is 12.7. The molecule has 0 aliphatic rings. The van der Waals surface area contributed by atoms with Gasteiger partial charge in [-0.15, -0.1) is 0 Å². The van der Waals surface area contributed by atoms with Crippen molar-refractivity contribution in [2.24, 2.45) is 5.73 Å². The van der Waals surface area contributed by atoms with Gasteiger partial charge >= 0.3 is 5.97 Å². The number of benzene rings is 1. The Morgan fingerprint density at radius 1 is 1.38 bits per heavy atom. The molecule has 3 heteroatoms. The minimum atomic E-state index is -0.968. The number of nitrogens with two attached hydrogens (primary N) is 1. The average molecular weight is 221 g/mol. The number of aryl methyl sites for hydroxylation is 2. The molecule has 1 atom stereocenters. The van der Waals surface area contributed by atoms with E-state index in [1.54, 1.807) is 0 Å². The lowest BCUT2D eigenvalue weighted by Crippen LogP contribution is -2.47. The second kappa shape index (κ2) is 4.26. The lowest BCUT2D eigenvalue weighted by Gasteiger charge is -2.30. The molecule has 0 saturated carbocycles. The zero-order valence-electron chi connectivity index (χ0n) is 10.2. The molecule has 0 bridgehead atoms. The van der Waals surface area contributed by atoms with E-state index in [1.165, 1.54) is 5.56 Å². The summed E-state index contributed by atoms with van der Waals surface area (Å²) in [5, 5.41) is 9.00. The molecular formula is C13H19NO2. The Morgan fingerprint density at radius 2 is 1.94 bits per heavy atom. The van der Waals surface area contributed by atoms with Crippen LogP contribution in [0.2, 0.25) is 0 Å². The van der Waals surface area contributed by atoms with Crippen LogP contribution < -0.4 is 5.73 Å². The van der Waals surface area contributed by atoms with Crippen molar-refractivity contribution in [1.82, 2.24) is 0 Å². The van der Waals surface area contributed by atoms with Crippen molar-refractivity contribution in [3.63, 3.8) is 0 Å². The van der Waals surface area contributed by atoms with Crippen LogP contribution in [0.1, 0.15) is 30.5 Å². The van der Waals surface area contributed by atoms with Crippen molar-refractivity contribution in [2.75, 3.05) is 0 Å². The molecule has 0 radical (unpaired) electrons. The minimum Gasteiger partial charge on any atom is -0.480 e. The maximum absolute atomic E-state index is 11.0. The molecule has 0 aromatic heterocycles. The van der Waals surface area contributed by atoms with Gasteiger partial charge in [-0.05, 0) is 25.0 Å². The van der Waals surface area contributed by atoms with E-state index in [-0.39, 0.29) is 0 Å². The van der Waals surface area contributed by atoms with Gasteiger partial charge in [0.05, 0.1) is 0 Å². The molecule has 0 fully saturated rings. The number of carbonyl (C=O) groups is 1. The Balaban J connectivity index is 3.21. The highest BCUT2D eigenvalue weighted by molar-refractivity contribution is 5.75. The molecule has 1 unspecified atom stereocenters. The number of carboxylic acids is 1. The van der Waals surface area contributed by atoms with Crippen LogP contribution in [-0.4, -0.2) is 17.1 Å². The summed E-state index contributed by atoms with van der Waals surface area (Å²) in [4.78, 5) is 11.0. The summed E-state index contributed by atoms with van der Waals surface area (Å²) in [6, 6.07) is 5.10. The van der Waals surface area contributed by atoms with Crippen LogP contribution in [0.3, 0.4) is 0 Å². The number of aliphatic carboxylic acids is 1. The first-order valence-corrected chi connectivity index (χ1v) is 5.33. The highest BCUT2D eigenvalue weighted by Crippen LogP contribution is 2.29. The lowest BCUT2D eigenvalue weighted by atomic mass is 9.76. The van der Waals surface area contributed by atoms with E-state index in [1.807, 2.05) is 45.9 Å². The van der Waals surface area contributed by atoms with Crippen LogP contribution in [0.25, 0.3) is 0 Å². The predicted molar refractivity (Wildman–Crippen MR) is 64.6 cm³/mol. The predicted octanol–water partition coefficient (Wildman–Crippen LogP) is 1.99. The zero-order chi connectivity index (χ0) is 12.5. The fraction of sp³-hybridized carbons (Fsp3) is 0.462. The summed E-state index contributed by atoms with van der Waals surface area (Å²) in [5.74, 6) is -0.968. The van der Waals surface area contributed by atoms with Gasteiger partial charge in [-0.25, -0.2) is 0 Å². The summed E-state index contributed by atoms with van der Waals surface area (Å²) < 4.78 is 0. The third-order valence-electron chi connectivity index (χ3n) is 3.12. The molecule has 0 saturated heterocycles. The summed E-state index contributed by atoms with van der Waals surface area (Å²) >= 11 is 0. The largest absolute Gasteiger partial charge is 0.480 e. The molecule has 0 spiro atoms. The topological polar surface area (TPSA) is 63.3 Å². The van der Waals surface area contributed by atoms with E-state index >= 15 is 0 Å². The molecule has 0 aliphatic carbocycles. The third-order valence-corrected chi connectivity index (χ3v) is 3.12. The van der Waals surface area contributed by atoms with Crippen molar-refractivity contribution in [3.8, 4) is 0 Å². The van der Waals surface area contributed by atoms with Crippen molar-refractivity contribution in [1.29, 1.82) is 0 Å². The number of hydrogen-bond donors (Lipinski definition) is 2. The van der Waals surface area contributed by atoms with Crippen molar-refractivity contribution < 1.29 is 9.90 Å². The van der Waals surface area contributed by atoms with Crippen molar-refractivity contribution in [2.45, 2.75) is 39.2 Å². The van der Waals surface area contributed by atoms with Crippen LogP contribution in [0.5, 0.6) is 0 Å². The van der Waals surface area contributed by atoms with Gasteiger partial charge in [0.15, 0.2) is 0 Å². The molecule has 1 rings (SSSR count). The standard InChI is InChI=1S/C13H19NO2/c1-8-5-6-10(9(2)7-8)13(3,4)11(14)12(15)16/h5-7,11H,14H2,1-4H3,(H,15,16). The van der Waals surface area contributed by atoms with Crippen molar-refractivity contribution in [3.05, 3.63) is 34.9 Å². The Hall–Kier alpha value is -1.35. The first-order chi connectivity index (χ1) is 7.26. The first-order valence-electron chi connectivity index (χ1n) is 5.33. The quantitative estimate of drug-likeness (QED) is 0.820. The zero-order valence-corrected chi connectivity index (χ0v) is 10.2. The summed E-state index contributed by atoms with van der Waals surface area (Å²) in [6.07, 6.45) is 0. The van der Waals surface area contributed by atoms with Crippen LogP contribution in [0.4, 0.5) is 0 Å². The second-order valence-electron chi connectivity index (χ2n) is 4.86. The monoisotopic (exact) mass is 221 g/mol. The highest BCUT2D eigenvalue weighted by Gasteiger charge is 2.34. The molecule has 0 aliphatic heterocycles. The number of hydrogen-bond acceptors (Lipinski definition) is 2. The summed E-state index contributed by atoms with van der Waals surface area (Å²) in [5.41, 5.74) is 8.41. The Morgan fingerprint density at radius 3 is 2.38 bits per heavy atom. The second-order valence-corrected chi connectivity index (χ2v) is 4.86. The van der Waals surface area contributed by atoms with Gasteiger partial charge < -0.3 is 10.8 Å². The van der Waals surface area contributed by atoms with E-state index in [9.17, 15) is 4.79 Å². The highest BCUT2D eigenvalue weighted by atomic mass is 16.4. The smallest absolute Gasteiger partial charge is 0.321 e. The van der Waals surface area contributed by atoms with E-state index in [0.29, 0.717) is 0 Å². The fourth-order valence-corrected chi connectivity index (χ4v) is 2.01. The molecule has 3 nitrogen and oxygen atoms in total. The van der Waals surface area contributed by atoms with Crippen LogP contribution >= 0.6 is 0 Å². The van der Waals surface area contributed by atoms with E-state index < -0.39 is 17.4 Å². The van der Waals surface area contributed by atoms with Gasteiger partial charge in [-0.1, -0.05) is 37.6 Å². The summed E-state index contributed by atoms with van der Waals surface area (Å²) in [6.45, 7) is 7.73. The normalized spacial score (nSPS) is 13.6. The van der Waals surface area contributed by atoms with Gasteiger partial charge in [0.1, 0.15) is 6.04 Å². The van der Waals surface area contributed by atoms with Gasteiger partial charge in [0.2, 0.25) is 0 Å². The van der Waals surface area contributed by atoms with Gasteiger partial charge in [-0.2, -0.15) is 0 Å². The molecular weight excluding hydrogens is 202 g/mol. The third kappa shape index (κ3) is 2.25. The maximum atomic E-state index is 11.0. The number of carboxylic acid groups (broad SMARTS) is 1. The van der Waals surface area contributed by atoms with Crippen molar-refractivity contribution >= 4 is 5.97 Å². The molecule has 1 aromatic rings. The Bertz CT molecular complexity index is 410. The average Bonchev–Trinajstić information content (AvgIpc) is 2.15. The summed E-state index contributed by atoms with van der Waals surface area (Å²) in [7, 11) is 0. The SMILES string of the molecule is Cc1ccc(C(C)(C)C(N)C(=O)O)c(C)c1. The minimum absolute atomic E-state index is 0.566. The molecule has 0 amide bonds. The maximum Gasteiger partial charge on any atom is 0.321 e. The lowest BCUT2D eigenvalue weighted by molar-refractivity contribution is -0.140. The Kier molecular flexibility index (Phi) is 3.38. The molecule has 16 heavy (non-hydrogen) atoms. The van der Waals surface area contributed by atoms with Crippen LogP contribution in [0.15, 0.2) is 18.2 Å². The number of rotatable bonds is 3. The Labute approximate surface area is 96.3 Å². The molecule has 88 valence electrons. The van der Waals surface area contributed by atoms with E-state index in [0.717, 1.165) is 11.1 Å².